The smallest absolute Gasteiger partial charge is 0.252 e. The molecule has 0 bridgehead atoms. The van der Waals surface area contributed by atoms with Crippen LogP contribution in [-0.2, 0) is 11.3 Å². The molecule has 1 fully saturated rings. The zero-order valence-corrected chi connectivity index (χ0v) is 19.9. The third kappa shape index (κ3) is 4.63. The van der Waals surface area contributed by atoms with E-state index in [4.69, 9.17) is 5.73 Å². The van der Waals surface area contributed by atoms with E-state index in [1.165, 1.54) is 13.1 Å². The molecule has 1 aliphatic rings. The zero-order valence-electron chi connectivity index (χ0n) is 19.9. The molecule has 182 valence electrons. The molecule has 4 N–H and O–H groups in total. The molecule has 10 heteroatoms. The maximum Gasteiger partial charge on any atom is 0.252 e. The fourth-order valence-electron chi connectivity index (χ4n) is 4.70. The summed E-state index contributed by atoms with van der Waals surface area (Å²) < 4.78 is 3.65. The predicted molar refractivity (Wildman–Crippen MR) is 129 cm³/mol. The number of piperidine rings is 1. The molecule has 0 aliphatic carbocycles. The molecule has 3 aromatic rings. The molecular formula is C24H33N7O3. The highest BCUT2D eigenvalue weighted by Crippen LogP contribution is 2.31. The molecule has 10 nitrogen and oxygen atoms in total. The first-order valence-corrected chi connectivity index (χ1v) is 11.9. The Morgan fingerprint density at radius 2 is 2.03 bits per heavy atom. The molecule has 34 heavy (non-hydrogen) atoms. The Kier molecular flexibility index (Phi) is 6.87. The minimum Gasteiger partial charge on any atom is -0.384 e. The topological polar surface area (TPSA) is 131 Å². The zero-order chi connectivity index (χ0) is 24.4. The van der Waals surface area contributed by atoms with Crippen LogP contribution in [0.15, 0.2) is 30.9 Å². The molecule has 3 aromatic heterocycles. The van der Waals surface area contributed by atoms with Crippen molar-refractivity contribution in [3.8, 4) is 11.1 Å². The Morgan fingerprint density at radius 3 is 2.71 bits per heavy atom. The minimum atomic E-state index is -1.01. The van der Waals surface area contributed by atoms with Crippen molar-refractivity contribution in [1.82, 2.24) is 24.3 Å². The van der Waals surface area contributed by atoms with Gasteiger partial charge in [0.05, 0.1) is 29.2 Å². The summed E-state index contributed by atoms with van der Waals surface area (Å²) in [4.78, 5) is 26.3. The number of rotatable bonds is 8. The second-order valence-electron chi connectivity index (χ2n) is 9.02. The molecule has 3 atom stereocenters. The van der Waals surface area contributed by atoms with Crippen LogP contribution in [0.5, 0.6) is 0 Å². The van der Waals surface area contributed by atoms with Crippen LogP contribution in [0.4, 0.5) is 5.69 Å². The fourth-order valence-corrected chi connectivity index (χ4v) is 4.70. The normalized spacial score (nSPS) is 19.4. The molecule has 2 amide bonds. The molecule has 4 heterocycles. The van der Waals surface area contributed by atoms with Crippen molar-refractivity contribution in [2.24, 2.45) is 11.7 Å². The second kappa shape index (κ2) is 9.84. The lowest BCUT2D eigenvalue weighted by Crippen LogP contribution is -2.50. The maximum absolute atomic E-state index is 12.3. The van der Waals surface area contributed by atoms with Crippen molar-refractivity contribution in [3.63, 3.8) is 0 Å². The second-order valence-corrected chi connectivity index (χ2v) is 9.02. The van der Waals surface area contributed by atoms with Crippen LogP contribution in [0.25, 0.3) is 16.6 Å². The SMILES string of the molecule is CCCn1cc(-c2cc3c(N[C@@H]4CCN(C(=O)[C@@H](C)O)C[C@H]4CC)c(C(N)=O)cnn3c2)cn1. The average molecular weight is 468 g/mol. The van der Waals surface area contributed by atoms with E-state index in [2.05, 4.69) is 29.4 Å². The lowest BCUT2D eigenvalue weighted by Gasteiger charge is -2.39. The van der Waals surface area contributed by atoms with Crippen LogP contribution in [0.1, 0.15) is 50.4 Å². The summed E-state index contributed by atoms with van der Waals surface area (Å²) in [5, 5.41) is 22.1. The summed E-state index contributed by atoms with van der Waals surface area (Å²) in [6, 6.07) is 2.03. The van der Waals surface area contributed by atoms with Gasteiger partial charge in [-0.25, -0.2) is 4.52 Å². The van der Waals surface area contributed by atoms with Gasteiger partial charge in [-0.3, -0.25) is 14.3 Å². The number of aliphatic hydroxyl groups excluding tert-OH is 1. The number of aliphatic hydroxyl groups is 1. The van der Waals surface area contributed by atoms with Crippen molar-refractivity contribution < 1.29 is 14.7 Å². The van der Waals surface area contributed by atoms with E-state index < -0.39 is 12.0 Å². The average Bonchev–Trinajstić information content (AvgIpc) is 3.46. The summed E-state index contributed by atoms with van der Waals surface area (Å²) in [5.74, 6) is -0.640. The van der Waals surface area contributed by atoms with Gasteiger partial charge in [-0.1, -0.05) is 13.8 Å². The van der Waals surface area contributed by atoms with Gasteiger partial charge < -0.3 is 21.1 Å². The number of aryl methyl sites for hydroxylation is 1. The Hall–Kier alpha value is -3.40. The quantitative estimate of drug-likeness (QED) is 0.465. The molecule has 0 saturated carbocycles. The van der Waals surface area contributed by atoms with Gasteiger partial charge in [0.15, 0.2) is 0 Å². The Bertz CT molecular complexity index is 1180. The summed E-state index contributed by atoms with van der Waals surface area (Å²) in [5.41, 5.74) is 9.36. The number of nitrogens with two attached hydrogens (primary N) is 1. The van der Waals surface area contributed by atoms with E-state index in [1.807, 2.05) is 29.3 Å². The molecule has 0 aromatic carbocycles. The first-order valence-electron chi connectivity index (χ1n) is 11.9. The fraction of sp³-hybridized carbons (Fsp3) is 0.500. The lowest BCUT2D eigenvalue weighted by molar-refractivity contribution is -0.141. The maximum atomic E-state index is 12.3. The van der Waals surface area contributed by atoms with Crippen molar-refractivity contribution in [1.29, 1.82) is 0 Å². The molecule has 0 unspecified atom stereocenters. The van der Waals surface area contributed by atoms with Gasteiger partial charge in [-0.05, 0) is 38.2 Å². The molecular weight excluding hydrogens is 434 g/mol. The van der Waals surface area contributed by atoms with Gasteiger partial charge in [-0.2, -0.15) is 10.2 Å². The summed E-state index contributed by atoms with van der Waals surface area (Å²) >= 11 is 0. The molecule has 4 rings (SSSR count). The van der Waals surface area contributed by atoms with E-state index in [-0.39, 0.29) is 17.9 Å². The van der Waals surface area contributed by atoms with Gasteiger partial charge in [0.2, 0.25) is 0 Å². The van der Waals surface area contributed by atoms with E-state index in [1.54, 1.807) is 9.42 Å². The summed E-state index contributed by atoms with van der Waals surface area (Å²) in [7, 11) is 0. The van der Waals surface area contributed by atoms with E-state index in [0.717, 1.165) is 36.0 Å². The lowest BCUT2D eigenvalue weighted by atomic mass is 9.89. The van der Waals surface area contributed by atoms with E-state index >= 15 is 0 Å². The number of hydrogen-bond donors (Lipinski definition) is 3. The third-order valence-electron chi connectivity index (χ3n) is 6.58. The monoisotopic (exact) mass is 467 g/mol. The third-order valence-corrected chi connectivity index (χ3v) is 6.58. The van der Waals surface area contributed by atoms with Crippen molar-refractivity contribution >= 4 is 23.0 Å². The van der Waals surface area contributed by atoms with Crippen LogP contribution in [0, 0.1) is 5.92 Å². The Labute approximate surface area is 198 Å². The number of primary amides is 1. The van der Waals surface area contributed by atoms with Gasteiger partial charge in [0.25, 0.3) is 11.8 Å². The Morgan fingerprint density at radius 1 is 1.24 bits per heavy atom. The minimum absolute atomic E-state index is 0.0398. The molecule has 1 saturated heterocycles. The van der Waals surface area contributed by atoms with Crippen LogP contribution in [0.2, 0.25) is 0 Å². The number of carbonyl (C=O) groups excluding carboxylic acids is 2. The predicted octanol–water partition coefficient (Wildman–Crippen LogP) is 2.13. The number of aromatic nitrogens is 4. The summed E-state index contributed by atoms with van der Waals surface area (Å²) in [6.07, 6.45) is 8.77. The van der Waals surface area contributed by atoms with Crippen LogP contribution in [0.3, 0.4) is 0 Å². The number of hydrogen-bond acceptors (Lipinski definition) is 6. The van der Waals surface area contributed by atoms with Gasteiger partial charge in [0, 0.05) is 49.2 Å². The van der Waals surface area contributed by atoms with Crippen molar-refractivity contribution in [2.75, 3.05) is 18.4 Å². The summed E-state index contributed by atoms with van der Waals surface area (Å²) in [6.45, 7) is 7.61. The molecule has 0 radical (unpaired) electrons. The number of fused-ring (bicyclic) bond motifs is 1. The van der Waals surface area contributed by atoms with Gasteiger partial charge in [-0.15, -0.1) is 0 Å². The molecule has 1 aliphatic heterocycles. The highest BCUT2D eigenvalue weighted by Gasteiger charge is 2.32. The largest absolute Gasteiger partial charge is 0.384 e. The highest BCUT2D eigenvalue weighted by atomic mass is 16.3. The highest BCUT2D eigenvalue weighted by molar-refractivity contribution is 6.02. The number of nitrogens with zero attached hydrogens (tertiary/aromatic N) is 5. The van der Waals surface area contributed by atoms with Crippen molar-refractivity contribution in [2.45, 2.75) is 58.7 Å². The standard InChI is InChI=1S/C24H33N7O3/c1-4-7-30-13-18(10-26-30)17-9-21-22(19(23(25)33)11-27-31(21)14-17)28-20-6-8-29(12-16(20)5-2)24(34)15(3)32/h9-11,13-16,20,28,32H,4-8,12H2,1-3H3,(H2,25,33)/t15-,16-,20-/m1/s1. The number of nitrogens with one attached hydrogen (secondary N) is 1. The number of likely N-dealkylation sites (tertiary alicyclic amines) is 1. The Balaban J connectivity index is 1.66. The molecule has 0 spiro atoms. The number of amides is 2. The van der Waals surface area contributed by atoms with Crippen LogP contribution in [-0.4, -0.2) is 66.5 Å². The van der Waals surface area contributed by atoms with E-state index in [0.29, 0.717) is 30.8 Å². The first-order chi connectivity index (χ1) is 16.3. The van der Waals surface area contributed by atoms with Gasteiger partial charge in [0.1, 0.15) is 6.10 Å². The van der Waals surface area contributed by atoms with Gasteiger partial charge >= 0.3 is 0 Å². The van der Waals surface area contributed by atoms with E-state index in [9.17, 15) is 14.7 Å². The first kappa shape index (κ1) is 23.7. The van der Waals surface area contributed by atoms with Crippen LogP contribution < -0.4 is 11.1 Å². The number of carbonyl (C=O) groups is 2. The number of anilines is 1. The van der Waals surface area contributed by atoms with Crippen LogP contribution >= 0.6 is 0 Å². The van der Waals surface area contributed by atoms with Crippen molar-refractivity contribution in [3.05, 3.63) is 36.4 Å².